The summed E-state index contributed by atoms with van der Waals surface area (Å²) in [7, 11) is 3.24. The van der Waals surface area contributed by atoms with Gasteiger partial charge in [0.1, 0.15) is 11.5 Å². The molecule has 0 radical (unpaired) electrons. The summed E-state index contributed by atoms with van der Waals surface area (Å²) in [4.78, 5) is 18.6. The molecule has 52 heavy (non-hydrogen) atoms. The first-order valence-corrected chi connectivity index (χ1v) is 16.8. The lowest BCUT2D eigenvalue weighted by Crippen LogP contribution is -2.06. The fraction of sp³-hybridized carbons (Fsp3) is 0.0909. The largest absolute Gasteiger partial charge is 0.466 e. The Bertz CT molecular complexity index is 2300. The fourth-order valence-electron chi connectivity index (χ4n) is 6.56. The van der Waals surface area contributed by atoms with Gasteiger partial charge in [-0.25, -0.2) is 0 Å². The van der Waals surface area contributed by atoms with E-state index in [2.05, 4.69) is 58.5 Å². The molecule has 0 aliphatic carbocycles. The maximum atomic E-state index is 6.60. The topological polar surface area (TPSA) is 88.5 Å². The SMILES string of the molecule is COCOc1c(-c2ccc(-c3ccccn3)nc2)cc2ccccc2c1-c1c(OCOC)c(-c2ccc(-c3ccccn3)nc2)cc2ccccc12. The highest BCUT2D eigenvalue weighted by Gasteiger charge is 2.26. The molecule has 4 heterocycles. The van der Waals surface area contributed by atoms with Gasteiger partial charge in [0, 0.05) is 72.4 Å². The zero-order valence-corrected chi connectivity index (χ0v) is 28.7. The van der Waals surface area contributed by atoms with E-state index in [1.54, 1.807) is 26.6 Å². The lowest BCUT2D eigenvalue weighted by Gasteiger charge is -2.24. The standard InChI is InChI=1S/C44H34N4O4/c1-49-27-51-43-35(31-17-19-39(47-25-31)37-15-7-9-21-45-37)23-29-11-3-5-13-33(29)41(43)42-34-14-6-4-12-30(34)24-36(44(42)52-28-50-2)32-18-20-40(48-26-32)38-16-8-10-22-46-38/h3-26H,27-28H2,1-2H3. The molecule has 0 atom stereocenters. The zero-order valence-electron chi connectivity index (χ0n) is 28.7. The van der Waals surface area contributed by atoms with Crippen LogP contribution in [0.3, 0.4) is 0 Å². The van der Waals surface area contributed by atoms with Crippen LogP contribution in [0.1, 0.15) is 0 Å². The normalized spacial score (nSPS) is 11.2. The fourth-order valence-corrected chi connectivity index (χ4v) is 6.56. The average molecular weight is 683 g/mol. The van der Waals surface area contributed by atoms with Gasteiger partial charge in [0.05, 0.1) is 22.8 Å². The highest BCUT2D eigenvalue weighted by atomic mass is 16.7. The molecular formula is C44H34N4O4. The second-order valence-electron chi connectivity index (χ2n) is 12.1. The predicted molar refractivity (Wildman–Crippen MR) is 205 cm³/mol. The third kappa shape index (κ3) is 6.33. The van der Waals surface area contributed by atoms with E-state index in [1.165, 1.54) is 0 Å². The second-order valence-corrected chi connectivity index (χ2v) is 12.1. The number of hydrogen-bond acceptors (Lipinski definition) is 8. The van der Waals surface area contributed by atoms with Crippen LogP contribution >= 0.6 is 0 Å². The number of methoxy groups -OCH3 is 2. The molecule has 0 spiro atoms. The number of rotatable bonds is 11. The Balaban J connectivity index is 1.41. The van der Waals surface area contributed by atoms with E-state index in [4.69, 9.17) is 28.9 Å². The molecule has 0 saturated heterocycles. The molecule has 4 aromatic carbocycles. The summed E-state index contributed by atoms with van der Waals surface area (Å²) >= 11 is 0. The van der Waals surface area contributed by atoms with Crippen LogP contribution in [0.2, 0.25) is 0 Å². The highest BCUT2D eigenvalue weighted by Crippen LogP contribution is 2.52. The number of aromatic nitrogens is 4. The van der Waals surface area contributed by atoms with Gasteiger partial charge in [0.15, 0.2) is 13.6 Å². The first kappa shape index (κ1) is 32.7. The van der Waals surface area contributed by atoms with E-state index >= 15 is 0 Å². The van der Waals surface area contributed by atoms with Gasteiger partial charge in [-0.15, -0.1) is 0 Å². The molecule has 0 fully saturated rings. The van der Waals surface area contributed by atoms with E-state index in [0.717, 1.165) is 77.7 Å². The van der Waals surface area contributed by atoms with Crippen LogP contribution < -0.4 is 9.47 Å². The molecular weight excluding hydrogens is 649 g/mol. The Hall–Kier alpha value is -6.48. The predicted octanol–water partition coefficient (Wildman–Crippen LogP) is 9.87. The quantitative estimate of drug-likeness (QED) is 0.125. The van der Waals surface area contributed by atoms with Gasteiger partial charge in [-0.05, 0) is 70.1 Å². The van der Waals surface area contributed by atoms with E-state index < -0.39 is 0 Å². The monoisotopic (exact) mass is 682 g/mol. The lowest BCUT2D eigenvalue weighted by molar-refractivity contribution is 0.0506. The zero-order chi connectivity index (χ0) is 35.3. The Labute approximate surface area is 301 Å². The molecule has 8 nitrogen and oxygen atoms in total. The van der Waals surface area contributed by atoms with Gasteiger partial charge in [0.25, 0.3) is 0 Å². The minimum Gasteiger partial charge on any atom is -0.466 e. The summed E-state index contributed by atoms with van der Waals surface area (Å²) in [5.74, 6) is 1.28. The van der Waals surface area contributed by atoms with Crippen LogP contribution in [-0.4, -0.2) is 47.7 Å². The first-order chi connectivity index (χ1) is 25.7. The van der Waals surface area contributed by atoms with Crippen molar-refractivity contribution in [2.24, 2.45) is 0 Å². The summed E-state index contributed by atoms with van der Waals surface area (Å²) in [6.45, 7) is 0.0607. The smallest absolute Gasteiger partial charge is 0.188 e. The molecule has 0 aliphatic rings. The average Bonchev–Trinajstić information content (AvgIpc) is 3.22. The van der Waals surface area contributed by atoms with Crippen molar-refractivity contribution in [2.45, 2.75) is 0 Å². The molecule has 8 aromatic rings. The van der Waals surface area contributed by atoms with Gasteiger partial charge in [-0.2, -0.15) is 0 Å². The number of hydrogen-bond donors (Lipinski definition) is 0. The van der Waals surface area contributed by atoms with Crippen molar-refractivity contribution in [3.05, 3.63) is 146 Å². The second kappa shape index (κ2) is 14.8. The van der Waals surface area contributed by atoms with E-state index in [-0.39, 0.29) is 13.6 Å². The number of ether oxygens (including phenoxy) is 4. The van der Waals surface area contributed by atoms with Crippen LogP contribution in [-0.2, 0) is 9.47 Å². The minimum atomic E-state index is 0.0303. The van der Waals surface area contributed by atoms with Crippen molar-refractivity contribution in [3.63, 3.8) is 0 Å². The van der Waals surface area contributed by atoms with Crippen molar-refractivity contribution in [3.8, 4) is 67.7 Å². The van der Waals surface area contributed by atoms with Crippen LogP contribution in [0.15, 0.2) is 146 Å². The van der Waals surface area contributed by atoms with Gasteiger partial charge >= 0.3 is 0 Å². The summed E-state index contributed by atoms with van der Waals surface area (Å²) in [5.41, 5.74) is 8.37. The molecule has 8 rings (SSSR count). The molecule has 0 N–H and O–H groups in total. The first-order valence-electron chi connectivity index (χ1n) is 16.8. The minimum absolute atomic E-state index is 0.0303. The maximum absolute atomic E-state index is 6.60. The van der Waals surface area contributed by atoms with E-state index in [9.17, 15) is 0 Å². The van der Waals surface area contributed by atoms with Crippen LogP contribution in [0, 0.1) is 0 Å². The highest BCUT2D eigenvalue weighted by molar-refractivity contribution is 6.14. The number of nitrogens with zero attached hydrogens (tertiary/aromatic N) is 4. The third-order valence-electron chi connectivity index (χ3n) is 8.90. The molecule has 4 aromatic heterocycles. The van der Waals surface area contributed by atoms with Crippen LogP contribution in [0.5, 0.6) is 11.5 Å². The van der Waals surface area contributed by atoms with Gasteiger partial charge in [0.2, 0.25) is 0 Å². The third-order valence-corrected chi connectivity index (χ3v) is 8.90. The molecule has 254 valence electrons. The van der Waals surface area contributed by atoms with Crippen LogP contribution in [0.4, 0.5) is 0 Å². The van der Waals surface area contributed by atoms with E-state index in [1.807, 2.05) is 85.2 Å². The number of benzene rings is 4. The van der Waals surface area contributed by atoms with Gasteiger partial charge in [-0.1, -0.05) is 72.8 Å². The van der Waals surface area contributed by atoms with Gasteiger partial charge < -0.3 is 18.9 Å². The molecule has 0 amide bonds. The maximum Gasteiger partial charge on any atom is 0.188 e. The van der Waals surface area contributed by atoms with Crippen LogP contribution in [0.25, 0.3) is 77.7 Å². The Kier molecular flexibility index (Phi) is 9.30. The molecule has 8 heteroatoms. The summed E-state index contributed by atoms with van der Waals surface area (Å²) in [6.07, 6.45) is 7.26. The Morgan fingerprint density at radius 3 is 1.25 bits per heavy atom. The Morgan fingerprint density at radius 1 is 0.442 bits per heavy atom. The van der Waals surface area contributed by atoms with Crippen molar-refractivity contribution in [1.29, 1.82) is 0 Å². The number of fused-ring (bicyclic) bond motifs is 2. The van der Waals surface area contributed by atoms with Crippen molar-refractivity contribution in [1.82, 2.24) is 19.9 Å². The van der Waals surface area contributed by atoms with E-state index in [0.29, 0.717) is 11.5 Å². The van der Waals surface area contributed by atoms with Gasteiger partial charge in [-0.3, -0.25) is 19.9 Å². The van der Waals surface area contributed by atoms with Crippen molar-refractivity contribution >= 4 is 21.5 Å². The summed E-state index contributed by atoms with van der Waals surface area (Å²) in [6, 6.07) is 40.6. The van der Waals surface area contributed by atoms with Crippen molar-refractivity contribution in [2.75, 3.05) is 27.8 Å². The molecule has 0 saturated carbocycles. The molecule has 0 bridgehead atoms. The Morgan fingerprint density at radius 2 is 0.865 bits per heavy atom. The lowest BCUT2D eigenvalue weighted by atomic mass is 9.86. The summed E-state index contributed by atoms with van der Waals surface area (Å²) in [5, 5.41) is 4.03. The van der Waals surface area contributed by atoms with Crippen molar-refractivity contribution < 1.29 is 18.9 Å². The molecule has 0 unspecified atom stereocenters. The molecule has 0 aliphatic heterocycles. The number of pyridine rings is 4. The summed E-state index contributed by atoms with van der Waals surface area (Å²) < 4.78 is 24.3.